The van der Waals surface area contributed by atoms with Crippen LogP contribution in [0.5, 0.6) is 0 Å². The molecule has 2 rings (SSSR count). The highest BCUT2D eigenvalue weighted by atomic mass is 79.9. The van der Waals surface area contributed by atoms with Gasteiger partial charge in [0.25, 0.3) is 0 Å². The molecule has 0 radical (unpaired) electrons. The third kappa shape index (κ3) is 4.33. The first-order valence-electron chi connectivity index (χ1n) is 7.23. The van der Waals surface area contributed by atoms with Crippen molar-refractivity contribution in [3.8, 4) is 0 Å². The molecule has 0 fully saturated rings. The zero-order chi connectivity index (χ0) is 15.4. The highest BCUT2D eigenvalue weighted by molar-refractivity contribution is 9.11. The first-order valence-corrected chi connectivity index (χ1v) is 8.82. The maximum atomic E-state index is 3.65. The largest absolute Gasteiger partial charge is 0.383 e. The second-order valence-electron chi connectivity index (χ2n) is 5.75. The zero-order valence-corrected chi connectivity index (χ0v) is 15.8. The minimum atomic E-state index is 0.492. The van der Waals surface area contributed by atoms with Crippen LogP contribution >= 0.6 is 31.9 Å². The van der Waals surface area contributed by atoms with Crippen LogP contribution in [0.1, 0.15) is 30.9 Å². The van der Waals surface area contributed by atoms with E-state index >= 15 is 0 Å². The number of hydrogen-bond acceptors (Lipinski definition) is 1. The van der Waals surface area contributed by atoms with Gasteiger partial charge in [0.1, 0.15) is 0 Å². The van der Waals surface area contributed by atoms with Gasteiger partial charge < -0.3 is 5.32 Å². The van der Waals surface area contributed by atoms with Crippen LogP contribution in [0.4, 0.5) is 5.69 Å². The molecular weight excluding hydrogens is 390 g/mol. The molecule has 0 saturated carbocycles. The quantitative estimate of drug-likeness (QED) is 0.603. The standard InChI is InChI=1S/C18H21Br2N/c1-12(2)15(14-7-5-4-6-8-14)11-21-18-16(19)9-13(3)10-17(18)20/h4-10,12,15,21H,11H2,1-3H3. The van der Waals surface area contributed by atoms with E-state index in [0.29, 0.717) is 11.8 Å². The molecule has 21 heavy (non-hydrogen) atoms. The molecular formula is C18H21Br2N. The average Bonchev–Trinajstić information content (AvgIpc) is 2.42. The van der Waals surface area contributed by atoms with Gasteiger partial charge >= 0.3 is 0 Å². The van der Waals surface area contributed by atoms with Crippen LogP contribution < -0.4 is 5.32 Å². The van der Waals surface area contributed by atoms with Gasteiger partial charge in [-0.3, -0.25) is 0 Å². The Balaban J connectivity index is 2.17. The van der Waals surface area contributed by atoms with Crippen LogP contribution in [-0.2, 0) is 0 Å². The predicted molar refractivity (Wildman–Crippen MR) is 99.1 cm³/mol. The molecule has 0 aliphatic carbocycles. The summed E-state index contributed by atoms with van der Waals surface area (Å²) in [6.07, 6.45) is 0. The van der Waals surface area contributed by atoms with Gasteiger partial charge in [-0.25, -0.2) is 0 Å². The molecule has 112 valence electrons. The molecule has 1 atom stereocenters. The summed E-state index contributed by atoms with van der Waals surface area (Å²) in [5.41, 5.74) is 3.75. The Morgan fingerprint density at radius 2 is 1.57 bits per heavy atom. The van der Waals surface area contributed by atoms with Crippen LogP contribution in [-0.4, -0.2) is 6.54 Å². The van der Waals surface area contributed by atoms with E-state index in [4.69, 9.17) is 0 Å². The minimum Gasteiger partial charge on any atom is -0.383 e. The van der Waals surface area contributed by atoms with Gasteiger partial charge in [-0.05, 0) is 68.0 Å². The van der Waals surface area contributed by atoms with E-state index in [-0.39, 0.29) is 0 Å². The Morgan fingerprint density at radius 1 is 1.00 bits per heavy atom. The van der Waals surface area contributed by atoms with Crippen LogP contribution in [0, 0.1) is 12.8 Å². The fourth-order valence-electron chi connectivity index (χ4n) is 2.52. The van der Waals surface area contributed by atoms with Crippen LogP contribution in [0.3, 0.4) is 0 Å². The molecule has 2 aromatic carbocycles. The van der Waals surface area contributed by atoms with E-state index in [1.54, 1.807) is 0 Å². The van der Waals surface area contributed by atoms with Crippen molar-refractivity contribution >= 4 is 37.5 Å². The summed E-state index contributed by atoms with van der Waals surface area (Å²) < 4.78 is 2.20. The van der Waals surface area contributed by atoms with Crippen LogP contribution in [0.25, 0.3) is 0 Å². The molecule has 0 aromatic heterocycles. The van der Waals surface area contributed by atoms with Crippen molar-refractivity contribution in [2.24, 2.45) is 5.92 Å². The van der Waals surface area contributed by atoms with E-state index in [2.05, 4.69) is 100 Å². The smallest absolute Gasteiger partial charge is 0.0629 e. The second kappa shape index (κ2) is 7.46. The van der Waals surface area contributed by atoms with Crippen molar-refractivity contribution < 1.29 is 0 Å². The summed E-state index contributed by atoms with van der Waals surface area (Å²) in [4.78, 5) is 0. The Morgan fingerprint density at radius 3 is 2.10 bits per heavy atom. The lowest BCUT2D eigenvalue weighted by atomic mass is 9.88. The lowest BCUT2D eigenvalue weighted by Crippen LogP contribution is -2.18. The van der Waals surface area contributed by atoms with Gasteiger partial charge in [-0.2, -0.15) is 0 Å². The summed E-state index contributed by atoms with van der Waals surface area (Å²) in [5, 5.41) is 3.59. The number of anilines is 1. The van der Waals surface area contributed by atoms with Crippen molar-refractivity contribution in [2.45, 2.75) is 26.7 Å². The molecule has 0 aliphatic rings. The molecule has 2 aromatic rings. The predicted octanol–water partition coefficient (Wildman–Crippen LogP) is 6.37. The maximum Gasteiger partial charge on any atom is 0.0629 e. The molecule has 0 bridgehead atoms. The minimum absolute atomic E-state index is 0.492. The Labute approximate surface area is 144 Å². The van der Waals surface area contributed by atoms with E-state index < -0.39 is 0 Å². The van der Waals surface area contributed by atoms with E-state index in [1.807, 2.05) is 0 Å². The van der Waals surface area contributed by atoms with Gasteiger partial charge in [0.15, 0.2) is 0 Å². The average molecular weight is 411 g/mol. The number of halogens is 2. The molecule has 3 heteroatoms. The number of aryl methyl sites for hydroxylation is 1. The van der Waals surface area contributed by atoms with E-state index in [1.165, 1.54) is 11.1 Å². The topological polar surface area (TPSA) is 12.0 Å². The number of benzene rings is 2. The lowest BCUT2D eigenvalue weighted by molar-refractivity contribution is 0.517. The monoisotopic (exact) mass is 409 g/mol. The summed E-state index contributed by atoms with van der Waals surface area (Å²) in [7, 11) is 0. The third-order valence-corrected chi connectivity index (χ3v) is 4.97. The van der Waals surface area contributed by atoms with Gasteiger partial charge in [0.2, 0.25) is 0 Å². The molecule has 1 nitrogen and oxygen atoms in total. The SMILES string of the molecule is Cc1cc(Br)c(NCC(c2ccccc2)C(C)C)c(Br)c1. The van der Waals surface area contributed by atoms with Crippen molar-refractivity contribution in [2.75, 3.05) is 11.9 Å². The number of rotatable bonds is 5. The molecule has 1 unspecified atom stereocenters. The number of nitrogens with one attached hydrogen (secondary N) is 1. The normalized spacial score (nSPS) is 12.5. The molecule has 0 saturated heterocycles. The lowest BCUT2D eigenvalue weighted by Gasteiger charge is -2.23. The van der Waals surface area contributed by atoms with Crippen LogP contribution in [0.2, 0.25) is 0 Å². The van der Waals surface area contributed by atoms with Gasteiger partial charge in [0.05, 0.1) is 5.69 Å². The molecule has 0 spiro atoms. The van der Waals surface area contributed by atoms with Crippen molar-refractivity contribution in [3.05, 3.63) is 62.5 Å². The summed E-state index contributed by atoms with van der Waals surface area (Å²) >= 11 is 7.30. The van der Waals surface area contributed by atoms with Gasteiger partial charge in [0, 0.05) is 21.4 Å². The maximum absolute atomic E-state index is 3.65. The fourth-order valence-corrected chi connectivity index (χ4v) is 4.22. The third-order valence-electron chi connectivity index (χ3n) is 3.72. The fraction of sp³-hybridized carbons (Fsp3) is 0.333. The molecule has 0 aliphatic heterocycles. The first kappa shape index (κ1) is 16.6. The summed E-state index contributed by atoms with van der Waals surface area (Å²) in [5.74, 6) is 1.08. The molecule has 0 amide bonds. The highest BCUT2D eigenvalue weighted by Crippen LogP contribution is 2.33. The summed E-state index contributed by atoms with van der Waals surface area (Å²) in [6.45, 7) is 7.57. The van der Waals surface area contributed by atoms with E-state index in [0.717, 1.165) is 21.2 Å². The second-order valence-corrected chi connectivity index (χ2v) is 7.45. The summed E-state index contributed by atoms with van der Waals surface area (Å²) in [6, 6.07) is 15.0. The first-order chi connectivity index (χ1) is 9.99. The zero-order valence-electron chi connectivity index (χ0n) is 12.7. The highest BCUT2D eigenvalue weighted by Gasteiger charge is 2.16. The van der Waals surface area contributed by atoms with Crippen molar-refractivity contribution in [1.29, 1.82) is 0 Å². The van der Waals surface area contributed by atoms with Crippen LogP contribution in [0.15, 0.2) is 51.4 Å². The number of hydrogen-bond donors (Lipinski definition) is 1. The van der Waals surface area contributed by atoms with Gasteiger partial charge in [-0.15, -0.1) is 0 Å². The molecule has 0 heterocycles. The van der Waals surface area contributed by atoms with Crippen molar-refractivity contribution in [1.82, 2.24) is 0 Å². The van der Waals surface area contributed by atoms with Gasteiger partial charge in [-0.1, -0.05) is 44.2 Å². The van der Waals surface area contributed by atoms with Crippen molar-refractivity contribution in [3.63, 3.8) is 0 Å². The Kier molecular flexibility index (Phi) is 5.88. The van der Waals surface area contributed by atoms with E-state index in [9.17, 15) is 0 Å². The Hall–Kier alpha value is -0.800. The molecule has 1 N–H and O–H groups in total. The Bertz CT molecular complexity index is 570.